The van der Waals surface area contributed by atoms with Gasteiger partial charge in [0.1, 0.15) is 0 Å². The predicted octanol–water partition coefficient (Wildman–Crippen LogP) is 4.05. The van der Waals surface area contributed by atoms with Gasteiger partial charge >= 0.3 is 0 Å². The number of thioether (sulfide) groups is 2. The summed E-state index contributed by atoms with van der Waals surface area (Å²) >= 11 is 4.19. The Hall–Kier alpha value is -0.540. The standard InChI is InChI=1S/C13H15NS2/c1-14-9-11(13-15-7-4-8-16-13)10-5-2-3-6-12(10)14/h2-3,5-6,9,13H,4,7-8H2,1H3. The lowest BCUT2D eigenvalue weighted by molar-refractivity contribution is 0.961. The largest absolute Gasteiger partial charge is 0.350 e. The van der Waals surface area contributed by atoms with Crippen LogP contribution in [0.25, 0.3) is 10.9 Å². The molecule has 0 atom stereocenters. The van der Waals surface area contributed by atoms with Gasteiger partial charge in [-0.25, -0.2) is 0 Å². The quantitative estimate of drug-likeness (QED) is 0.751. The fraction of sp³-hybridized carbons (Fsp3) is 0.385. The number of hydrogen-bond donors (Lipinski definition) is 0. The first-order valence-corrected chi connectivity index (χ1v) is 7.73. The van der Waals surface area contributed by atoms with Crippen molar-refractivity contribution in [3.63, 3.8) is 0 Å². The summed E-state index contributed by atoms with van der Waals surface area (Å²) < 4.78 is 2.89. The molecule has 1 aromatic heterocycles. The summed E-state index contributed by atoms with van der Waals surface area (Å²) in [5.41, 5.74) is 2.86. The van der Waals surface area contributed by atoms with Crippen LogP contribution in [-0.4, -0.2) is 16.1 Å². The van der Waals surface area contributed by atoms with E-state index in [4.69, 9.17) is 0 Å². The molecule has 1 aromatic carbocycles. The second-order valence-corrected chi connectivity index (χ2v) is 6.86. The summed E-state index contributed by atoms with van der Waals surface area (Å²) in [4.78, 5) is 0. The van der Waals surface area contributed by atoms with Gasteiger partial charge in [0.05, 0.1) is 4.58 Å². The van der Waals surface area contributed by atoms with Crippen molar-refractivity contribution in [3.05, 3.63) is 36.0 Å². The SMILES string of the molecule is Cn1cc(C2SCCCS2)c2ccccc21. The van der Waals surface area contributed by atoms with Crippen LogP contribution >= 0.6 is 23.5 Å². The fourth-order valence-corrected chi connectivity index (χ4v) is 5.16. The second kappa shape index (κ2) is 4.38. The van der Waals surface area contributed by atoms with Crippen LogP contribution in [0.3, 0.4) is 0 Å². The molecular formula is C13H15NS2. The third-order valence-electron chi connectivity index (χ3n) is 3.01. The van der Waals surface area contributed by atoms with E-state index in [2.05, 4.69) is 65.6 Å². The van der Waals surface area contributed by atoms with E-state index in [0.717, 1.165) is 0 Å². The van der Waals surface area contributed by atoms with Crippen molar-refractivity contribution in [1.82, 2.24) is 4.57 Å². The van der Waals surface area contributed by atoms with Crippen molar-refractivity contribution in [2.45, 2.75) is 11.0 Å². The van der Waals surface area contributed by atoms with Gasteiger partial charge in [0, 0.05) is 29.7 Å². The smallest absolute Gasteiger partial charge is 0.0772 e. The summed E-state index contributed by atoms with van der Waals surface area (Å²) in [6.07, 6.45) is 3.66. The lowest BCUT2D eigenvalue weighted by Gasteiger charge is -2.20. The molecule has 16 heavy (non-hydrogen) atoms. The average molecular weight is 249 g/mol. The molecule has 0 aliphatic carbocycles. The number of benzene rings is 1. The van der Waals surface area contributed by atoms with Crippen molar-refractivity contribution in [1.29, 1.82) is 0 Å². The molecule has 3 rings (SSSR count). The van der Waals surface area contributed by atoms with Gasteiger partial charge in [-0.1, -0.05) is 18.2 Å². The fourth-order valence-electron chi connectivity index (χ4n) is 2.23. The van der Waals surface area contributed by atoms with Crippen LogP contribution in [0.15, 0.2) is 30.5 Å². The molecule has 1 saturated heterocycles. The van der Waals surface area contributed by atoms with Crippen LogP contribution in [0.4, 0.5) is 0 Å². The van der Waals surface area contributed by atoms with Gasteiger partial charge in [-0.2, -0.15) is 0 Å². The number of para-hydroxylation sites is 1. The molecule has 2 heterocycles. The van der Waals surface area contributed by atoms with Gasteiger partial charge in [0.15, 0.2) is 0 Å². The van der Waals surface area contributed by atoms with Crippen LogP contribution in [0.1, 0.15) is 16.6 Å². The predicted molar refractivity (Wildman–Crippen MR) is 75.2 cm³/mol. The molecule has 0 N–H and O–H groups in total. The molecule has 0 spiro atoms. The number of rotatable bonds is 1. The van der Waals surface area contributed by atoms with Gasteiger partial charge in [0.25, 0.3) is 0 Å². The van der Waals surface area contributed by atoms with Crippen LogP contribution in [0, 0.1) is 0 Å². The summed E-state index contributed by atoms with van der Waals surface area (Å²) in [5, 5.41) is 1.43. The van der Waals surface area contributed by atoms with E-state index in [1.54, 1.807) is 0 Å². The molecule has 1 fully saturated rings. The zero-order valence-electron chi connectivity index (χ0n) is 9.35. The zero-order valence-corrected chi connectivity index (χ0v) is 11.0. The van der Waals surface area contributed by atoms with Crippen LogP contribution < -0.4 is 0 Å². The first-order valence-electron chi connectivity index (χ1n) is 5.63. The number of aryl methyl sites for hydroxylation is 1. The Kier molecular flexibility index (Phi) is 2.90. The number of hydrogen-bond acceptors (Lipinski definition) is 2. The first-order chi connectivity index (χ1) is 7.86. The Morgan fingerprint density at radius 1 is 1.19 bits per heavy atom. The van der Waals surface area contributed by atoms with E-state index < -0.39 is 0 Å². The summed E-state index contributed by atoms with van der Waals surface area (Å²) in [5.74, 6) is 2.61. The molecular weight excluding hydrogens is 234 g/mol. The molecule has 0 unspecified atom stereocenters. The summed E-state index contributed by atoms with van der Waals surface area (Å²) in [7, 11) is 2.14. The normalized spacial score (nSPS) is 18.1. The van der Waals surface area contributed by atoms with Crippen molar-refractivity contribution >= 4 is 34.4 Å². The minimum atomic E-state index is 0.639. The molecule has 0 amide bonds. The molecule has 0 bridgehead atoms. The molecule has 1 nitrogen and oxygen atoms in total. The highest BCUT2D eigenvalue weighted by Crippen LogP contribution is 2.46. The molecule has 0 radical (unpaired) electrons. The van der Waals surface area contributed by atoms with Crippen molar-refractivity contribution < 1.29 is 0 Å². The maximum Gasteiger partial charge on any atom is 0.0772 e. The van der Waals surface area contributed by atoms with Gasteiger partial charge in [-0.3, -0.25) is 0 Å². The first kappa shape index (κ1) is 10.6. The molecule has 84 valence electrons. The highest BCUT2D eigenvalue weighted by Gasteiger charge is 2.20. The third-order valence-corrected chi connectivity index (χ3v) is 5.99. The highest BCUT2D eigenvalue weighted by atomic mass is 32.2. The molecule has 1 aliphatic rings. The average Bonchev–Trinajstić information content (AvgIpc) is 2.69. The molecule has 3 heteroatoms. The van der Waals surface area contributed by atoms with E-state index in [1.807, 2.05) is 0 Å². The zero-order chi connectivity index (χ0) is 11.0. The monoisotopic (exact) mass is 249 g/mol. The molecule has 1 aliphatic heterocycles. The van der Waals surface area contributed by atoms with E-state index in [-0.39, 0.29) is 0 Å². The number of aromatic nitrogens is 1. The Morgan fingerprint density at radius 2 is 1.94 bits per heavy atom. The maximum absolute atomic E-state index is 2.31. The molecule has 0 saturated carbocycles. The minimum absolute atomic E-state index is 0.639. The summed E-state index contributed by atoms with van der Waals surface area (Å²) in [6.45, 7) is 0. The lowest BCUT2D eigenvalue weighted by atomic mass is 10.2. The van der Waals surface area contributed by atoms with E-state index in [1.165, 1.54) is 34.4 Å². The van der Waals surface area contributed by atoms with Crippen LogP contribution in [0.2, 0.25) is 0 Å². The van der Waals surface area contributed by atoms with Gasteiger partial charge in [-0.15, -0.1) is 23.5 Å². The van der Waals surface area contributed by atoms with Gasteiger partial charge in [-0.05, 0) is 24.0 Å². The van der Waals surface area contributed by atoms with Crippen LogP contribution in [-0.2, 0) is 7.05 Å². The molecule has 2 aromatic rings. The van der Waals surface area contributed by atoms with E-state index >= 15 is 0 Å². The van der Waals surface area contributed by atoms with Crippen molar-refractivity contribution in [2.24, 2.45) is 7.05 Å². The lowest BCUT2D eigenvalue weighted by Crippen LogP contribution is -1.99. The highest BCUT2D eigenvalue weighted by molar-refractivity contribution is 8.16. The maximum atomic E-state index is 2.31. The number of nitrogens with zero attached hydrogens (tertiary/aromatic N) is 1. The summed E-state index contributed by atoms with van der Waals surface area (Å²) in [6, 6.07) is 8.72. The van der Waals surface area contributed by atoms with Crippen LogP contribution in [0.5, 0.6) is 0 Å². The Bertz CT molecular complexity index is 498. The van der Waals surface area contributed by atoms with E-state index in [9.17, 15) is 0 Å². The van der Waals surface area contributed by atoms with Gasteiger partial charge < -0.3 is 4.57 Å². The van der Waals surface area contributed by atoms with E-state index in [0.29, 0.717) is 4.58 Å². The second-order valence-electron chi connectivity index (χ2n) is 4.14. The van der Waals surface area contributed by atoms with Gasteiger partial charge in [0.2, 0.25) is 0 Å². The Balaban J connectivity index is 2.08. The minimum Gasteiger partial charge on any atom is -0.350 e. The Morgan fingerprint density at radius 3 is 2.75 bits per heavy atom. The third kappa shape index (κ3) is 1.76. The topological polar surface area (TPSA) is 4.93 Å². The number of fused-ring (bicyclic) bond motifs is 1. The Labute approximate surface area is 105 Å². The van der Waals surface area contributed by atoms with Crippen molar-refractivity contribution in [2.75, 3.05) is 11.5 Å². The van der Waals surface area contributed by atoms with Crippen molar-refractivity contribution in [3.8, 4) is 0 Å².